The lowest BCUT2D eigenvalue weighted by atomic mass is 10.3. The molecule has 20 heavy (non-hydrogen) atoms. The first kappa shape index (κ1) is 15.4. The lowest BCUT2D eigenvalue weighted by Crippen LogP contribution is -2.25. The van der Waals surface area contributed by atoms with Gasteiger partial charge >= 0.3 is 0 Å². The summed E-state index contributed by atoms with van der Waals surface area (Å²) in [4.78, 5) is 11.7. The number of likely N-dealkylation sites (N-methyl/N-ethyl adjacent to an activating group) is 1. The number of nitrogens with one attached hydrogen (secondary N) is 1. The average molecular weight is 310 g/mol. The Balaban J connectivity index is 1.97. The largest absolute Gasteiger partial charge is 0.362 e. The molecule has 2 rings (SSSR count). The van der Waals surface area contributed by atoms with E-state index in [-0.39, 0.29) is 0 Å². The third-order valence-corrected chi connectivity index (χ3v) is 4.89. The van der Waals surface area contributed by atoms with E-state index in [4.69, 9.17) is 4.98 Å². The molecule has 0 aliphatic carbocycles. The van der Waals surface area contributed by atoms with Gasteiger partial charge in [-0.15, -0.1) is 22.7 Å². The summed E-state index contributed by atoms with van der Waals surface area (Å²) in [5.74, 6) is 0. The highest BCUT2D eigenvalue weighted by molar-refractivity contribution is 7.14. The van der Waals surface area contributed by atoms with Gasteiger partial charge in [-0.2, -0.15) is 0 Å². The Kier molecular flexibility index (Phi) is 5.94. The van der Waals surface area contributed by atoms with Gasteiger partial charge < -0.3 is 10.2 Å². The molecule has 4 nitrogen and oxygen atoms in total. The van der Waals surface area contributed by atoms with E-state index >= 15 is 0 Å². The van der Waals surface area contributed by atoms with E-state index in [1.165, 1.54) is 5.01 Å². The number of thiazole rings is 2. The summed E-state index contributed by atoms with van der Waals surface area (Å²) in [5.41, 5.74) is 1.99. The van der Waals surface area contributed by atoms with E-state index < -0.39 is 0 Å². The maximum Gasteiger partial charge on any atom is 0.183 e. The minimum atomic E-state index is 0.902. The zero-order valence-electron chi connectivity index (χ0n) is 12.3. The van der Waals surface area contributed by atoms with Crippen molar-refractivity contribution in [3.63, 3.8) is 0 Å². The Bertz CT molecular complexity index is 517. The van der Waals surface area contributed by atoms with Crippen molar-refractivity contribution in [1.29, 1.82) is 0 Å². The molecule has 2 heterocycles. The number of hydrogen-bond acceptors (Lipinski definition) is 6. The molecule has 0 bridgehead atoms. The molecule has 0 aliphatic rings. The Morgan fingerprint density at radius 2 is 1.75 bits per heavy atom. The van der Waals surface area contributed by atoms with Gasteiger partial charge in [0.05, 0.1) is 5.01 Å². The normalized spacial score (nSPS) is 11.2. The lowest BCUT2D eigenvalue weighted by molar-refractivity contribution is 0.308. The summed E-state index contributed by atoms with van der Waals surface area (Å²) in [6.45, 7) is 10.7. The van der Waals surface area contributed by atoms with E-state index in [1.807, 2.05) is 0 Å². The topological polar surface area (TPSA) is 41.1 Å². The van der Waals surface area contributed by atoms with Gasteiger partial charge in [0.15, 0.2) is 5.13 Å². The van der Waals surface area contributed by atoms with Crippen molar-refractivity contribution in [1.82, 2.24) is 14.9 Å². The maximum atomic E-state index is 4.70. The fourth-order valence-corrected chi connectivity index (χ4v) is 3.52. The maximum absolute atomic E-state index is 4.70. The Morgan fingerprint density at radius 3 is 2.45 bits per heavy atom. The number of aromatic nitrogens is 2. The molecule has 2 aromatic heterocycles. The monoisotopic (exact) mass is 310 g/mol. The van der Waals surface area contributed by atoms with Crippen LogP contribution in [0.5, 0.6) is 0 Å². The second-order valence-electron chi connectivity index (χ2n) is 4.47. The van der Waals surface area contributed by atoms with Crippen molar-refractivity contribution in [3.05, 3.63) is 15.8 Å². The summed E-state index contributed by atoms with van der Waals surface area (Å²) in [5, 5.41) is 9.59. The number of anilines is 1. The van der Waals surface area contributed by atoms with Gasteiger partial charge in [0.25, 0.3) is 0 Å². The second-order valence-corrected chi connectivity index (χ2v) is 6.27. The molecule has 0 atom stereocenters. The Hall–Kier alpha value is -0.980. The van der Waals surface area contributed by atoms with E-state index in [9.17, 15) is 0 Å². The number of hydrogen-bond donors (Lipinski definition) is 1. The van der Waals surface area contributed by atoms with Gasteiger partial charge in [-0.3, -0.25) is 0 Å². The van der Waals surface area contributed by atoms with Crippen LogP contribution in [0, 0.1) is 0 Å². The average Bonchev–Trinajstić information content (AvgIpc) is 3.09. The summed E-state index contributed by atoms with van der Waals surface area (Å²) in [6, 6.07) is 0. The van der Waals surface area contributed by atoms with Gasteiger partial charge in [0.2, 0.25) is 0 Å². The van der Waals surface area contributed by atoms with Gasteiger partial charge in [0.1, 0.15) is 11.4 Å². The quantitative estimate of drug-likeness (QED) is 0.809. The molecule has 0 saturated heterocycles. The summed E-state index contributed by atoms with van der Waals surface area (Å²) in [7, 11) is 0. The fraction of sp³-hybridized carbons (Fsp3) is 0.571. The van der Waals surface area contributed by atoms with Crippen molar-refractivity contribution in [2.24, 2.45) is 0 Å². The molecule has 6 heteroatoms. The summed E-state index contributed by atoms with van der Waals surface area (Å²) in [6.07, 6.45) is 1.02. The van der Waals surface area contributed by atoms with Crippen molar-refractivity contribution < 1.29 is 0 Å². The van der Waals surface area contributed by atoms with Crippen molar-refractivity contribution in [3.8, 4) is 11.4 Å². The molecule has 1 N–H and O–H groups in total. The molecule has 0 saturated carbocycles. The van der Waals surface area contributed by atoms with Gasteiger partial charge in [-0.05, 0) is 20.0 Å². The second kappa shape index (κ2) is 7.71. The predicted octanol–water partition coefficient (Wildman–Crippen LogP) is 3.58. The molecule has 0 unspecified atom stereocenters. The SMILES string of the molecule is CCNc1nc(-c2csc(CCN(CC)CC)n2)cs1. The zero-order valence-corrected chi connectivity index (χ0v) is 14.0. The van der Waals surface area contributed by atoms with Crippen LogP contribution < -0.4 is 5.32 Å². The number of rotatable bonds is 8. The molecule has 0 amide bonds. The Morgan fingerprint density at radius 1 is 1.05 bits per heavy atom. The third kappa shape index (κ3) is 4.01. The molecule has 0 aliphatic heterocycles. The lowest BCUT2D eigenvalue weighted by Gasteiger charge is -2.16. The molecular formula is C14H22N4S2. The molecule has 0 spiro atoms. The highest BCUT2D eigenvalue weighted by atomic mass is 32.1. The first-order valence-electron chi connectivity index (χ1n) is 7.13. The van der Waals surface area contributed by atoms with E-state index in [2.05, 4.69) is 46.7 Å². The first-order valence-corrected chi connectivity index (χ1v) is 8.89. The van der Waals surface area contributed by atoms with Gasteiger partial charge in [-0.1, -0.05) is 13.8 Å². The van der Waals surface area contributed by atoms with Crippen LogP contribution in [0.3, 0.4) is 0 Å². The molecule has 110 valence electrons. The fourth-order valence-electron chi connectivity index (χ4n) is 1.96. The molecular weight excluding hydrogens is 288 g/mol. The van der Waals surface area contributed by atoms with Crippen LogP contribution >= 0.6 is 22.7 Å². The highest BCUT2D eigenvalue weighted by Crippen LogP contribution is 2.26. The molecule has 0 radical (unpaired) electrons. The summed E-state index contributed by atoms with van der Waals surface area (Å²) >= 11 is 3.37. The van der Waals surface area contributed by atoms with Crippen LogP contribution in [0.4, 0.5) is 5.13 Å². The predicted molar refractivity (Wildman–Crippen MR) is 88.9 cm³/mol. The van der Waals surface area contributed by atoms with Gasteiger partial charge in [0, 0.05) is 30.3 Å². The van der Waals surface area contributed by atoms with Crippen LogP contribution in [0.2, 0.25) is 0 Å². The third-order valence-electron chi connectivity index (χ3n) is 3.18. The molecule has 0 aromatic carbocycles. The van der Waals surface area contributed by atoms with Crippen LogP contribution in [-0.4, -0.2) is 41.0 Å². The Labute approximate surface area is 128 Å². The van der Waals surface area contributed by atoms with Crippen molar-refractivity contribution in [2.75, 3.05) is 31.5 Å². The smallest absolute Gasteiger partial charge is 0.183 e. The standard InChI is InChI=1S/C14H22N4S2/c1-4-15-14-17-12(10-20-14)11-9-19-13(16-11)7-8-18(5-2)6-3/h9-10H,4-8H2,1-3H3,(H,15,17). The minimum absolute atomic E-state index is 0.902. The van der Waals surface area contributed by atoms with Crippen molar-refractivity contribution >= 4 is 27.8 Å². The molecule has 2 aromatic rings. The number of nitrogens with zero attached hydrogens (tertiary/aromatic N) is 3. The first-order chi connectivity index (χ1) is 9.76. The van der Waals surface area contributed by atoms with E-state index in [1.54, 1.807) is 22.7 Å². The minimum Gasteiger partial charge on any atom is -0.362 e. The van der Waals surface area contributed by atoms with E-state index in [0.717, 1.165) is 49.1 Å². The zero-order chi connectivity index (χ0) is 14.4. The van der Waals surface area contributed by atoms with Gasteiger partial charge in [-0.25, -0.2) is 9.97 Å². The van der Waals surface area contributed by atoms with Crippen LogP contribution in [-0.2, 0) is 6.42 Å². The van der Waals surface area contributed by atoms with Crippen LogP contribution in [0.25, 0.3) is 11.4 Å². The molecule has 0 fully saturated rings. The highest BCUT2D eigenvalue weighted by Gasteiger charge is 2.09. The van der Waals surface area contributed by atoms with Crippen molar-refractivity contribution in [2.45, 2.75) is 27.2 Å². The van der Waals surface area contributed by atoms with Crippen LogP contribution in [0.15, 0.2) is 10.8 Å². The summed E-state index contributed by atoms with van der Waals surface area (Å²) < 4.78 is 0. The van der Waals surface area contributed by atoms with Crippen LogP contribution in [0.1, 0.15) is 25.8 Å². The van der Waals surface area contributed by atoms with E-state index in [0.29, 0.717) is 0 Å².